The van der Waals surface area contributed by atoms with Crippen molar-refractivity contribution in [2.75, 3.05) is 4.90 Å². The molecular formula is C19H15BNO3. The molecule has 3 aromatic carbocycles. The molecule has 0 aromatic heterocycles. The van der Waals surface area contributed by atoms with Crippen LogP contribution in [0, 0.1) is 0 Å². The summed E-state index contributed by atoms with van der Waals surface area (Å²) in [5.41, 5.74) is 6.24. The topological polar surface area (TPSA) is 52.9 Å². The molecule has 5 rings (SSSR count). The lowest BCUT2D eigenvalue weighted by molar-refractivity contribution is 0.448. The molecule has 24 heavy (non-hydrogen) atoms. The maximum atomic E-state index is 7.00. The molecule has 3 aromatic rings. The van der Waals surface area contributed by atoms with Gasteiger partial charge in [-0.25, -0.2) is 0 Å². The normalized spacial score (nSPS) is 12.7. The highest BCUT2D eigenvalue weighted by molar-refractivity contribution is 6.13. The Balaban J connectivity index is 0.000000455. The molecule has 0 amide bonds. The minimum Gasteiger partial charge on any atom is -0.453 e. The van der Waals surface area contributed by atoms with Gasteiger partial charge >= 0.3 is 7.69 Å². The van der Waals surface area contributed by atoms with E-state index in [0.29, 0.717) is 0 Å². The molecule has 0 saturated heterocycles. The van der Waals surface area contributed by atoms with Crippen molar-refractivity contribution in [3.8, 4) is 11.5 Å². The van der Waals surface area contributed by atoms with E-state index < -0.39 is 0 Å². The molecule has 2 aliphatic heterocycles. The first-order valence-corrected chi connectivity index (χ1v) is 7.70. The van der Waals surface area contributed by atoms with Crippen molar-refractivity contribution in [3.05, 3.63) is 77.9 Å². The molecule has 117 valence electrons. The van der Waals surface area contributed by atoms with Gasteiger partial charge in [-0.1, -0.05) is 42.5 Å². The lowest BCUT2D eigenvalue weighted by Crippen LogP contribution is -2.22. The van der Waals surface area contributed by atoms with Crippen LogP contribution in [0.15, 0.2) is 66.7 Å². The lowest BCUT2D eigenvalue weighted by atomic mass is 9.93. The van der Waals surface area contributed by atoms with Crippen molar-refractivity contribution in [2.24, 2.45) is 0 Å². The van der Waals surface area contributed by atoms with Gasteiger partial charge in [0.15, 0.2) is 11.5 Å². The predicted molar refractivity (Wildman–Crippen MR) is 94.2 cm³/mol. The van der Waals surface area contributed by atoms with E-state index in [1.54, 1.807) is 0 Å². The van der Waals surface area contributed by atoms with Crippen LogP contribution in [0.5, 0.6) is 11.5 Å². The first-order chi connectivity index (χ1) is 11.8. The molecule has 5 heteroatoms. The molecule has 1 radical (unpaired) electrons. The van der Waals surface area contributed by atoms with Gasteiger partial charge in [-0.15, -0.1) is 0 Å². The van der Waals surface area contributed by atoms with E-state index in [2.05, 4.69) is 59.5 Å². The summed E-state index contributed by atoms with van der Waals surface area (Å²) in [4.78, 5) is 2.34. The van der Waals surface area contributed by atoms with Crippen molar-refractivity contribution in [1.29, 1.82) is 0 Å². The number of benzene rings is 3. The molecule has 0 saturated carbocycles. The fourth-order valence-corrected chi connectivity index (χ4v) is 3.35. The van der Waals surface area contributed by atoms with Crippen molar-refractivity contribution >= 4 is 24.7 Å². The Bertz CT molecular complexity index is 830. The molecule has 4 nitrogen and oxygen atoms in total. The number of fused-ring (bicyclic) bond motifs is 4. The van der Waals surface area contributed by atoms with Crippen LogP contribution in [0.25, 0.3) is 0 Å². The van der Waals surface area contributed by atoms with Crippen LogP contribution in [0.2, 0.25) is 0 Å². The van der Waals surface area contributed by atoms with Crippen LogP contribution in [0.4, 0.5) is 17.1 Å². The summed E-state index contributed by atoms with van der Waals surface area (Å²) in [5, 5.41) is 14.0. The zero-order valence-electron chi connectivity index (χ0n) is 12.9. The van der Waals surface area contributed by atoms with E-state index in [0.717, 1.165) is 23.6 Å². The Labute approximate surface area is 140 Å². The van der Waals surface area contributed by atoms with E-state index >= 15 is 0 Å². The van der Waals surface area contributed by atoms with Crippen LogP contribution in [-0.2, 0) is 6.42 Å². The highest BCUT2D eigenvalue weighted by Crippen LogP contribution is 2.54. The van der Waals surface area contributed by atoms with E-state index in [4.69, 9.17) is 14.8 Å². The molecular weight excluding hydrogens is 301 g/mol. The summed E-state index contributed by atoms with van der Waals surface area (Å²) in [6.07, 6.45) is 0.960. The third-order valence-electron chi connectivity index (χ3n) is 4.25. The van der Waals surface area contributed by atoms with Gasteiger partial charge < -0.3 is 19.7 Å². The van der Waals surface area contributed by atoms with Gasteiger partial charge in [0.1, 0.15) is 0 Å². The van der Waals surface area contributed by atoms with E-state index in [1.807, 2.05) is 12.1 Å². The highest BCUT2D eigenvalue weighted by atomic mass is 16.5. The van der Waals surface area contributed by atoms with E-state index in [-0.39, 0.29) is 7.69 Å². The molecule has 0 spiro atoms. The maximum Gasteiger partial charge on any atom is 0.482 e. The van der Waals surface area contributed by atoms with Gasteiger partial charge in [0.25, 0.3) is 0 Å². The molecule has 0 aliphatic carbocycles. The number of nitrogens with zero attached hydrogens (tertiary/aromatic N) is 1. The summed E-state index contributed by atoms with van der Waals surface area (Å²) in [7, 11) is 0. The van der Waals surface area contributed by atoms with Gasteiger partial charge in [0.05, 0.1) is 11.4 Å². The van der Waals surface area contributed by atoms with Crippen molar-refractivity contribution in [2.45, 2.75) is 6.42 Å². The Morgan fingerprint density at radius 1 is 0.750 bits per heavy atom. The second kappa shape index (κ2) is 6.04. The third kappa shape index (κ3) is 2.26. The number of para-hydroxylation sites is 4. The fraction of sp³-hybridized carbons (Fsp3) is 0.0526. The Kier molecular flexibility index (Phi) is 3.73. The number of hydrogen-bond donors (Lipinski definition) is 2. The van der Waals surface area contributed by atoms with Crippen LogP contribution < -0.4 is 9.64 Å². The standard InChI is InChI=1S/C19H13NO.BH2O2/c1-2-8-15-13(6-1)12-14-7-5-11-18-19(14)20(15)16-9-3-4-10-17(16)21-18;2-1-3/h1-11H,12H2;2-3H. The smallest absolute Gasteiger partial charge is 0.453 e. The molecule has 0 unspecified atom stereocenters. The monoisotopic (exact) mass is 316 g/mol. The molecule has 2 aliphatic rings. The summed E-state index contributed by atoms with van der Waals surface area (Å²) in [6, 6.07) is 23.2. The zero-order chi connectivity index (χ0) is 16.5. The van der Waals surface area contributed by atoms with Crippen LogP contribution in [0.1, 0.15) is 11.1 Å². The highest BCUT2D eigenvalue weighted by Gasteiger charge is 2.32. The fourth-order valence-electron chi connectivity index (χ4n) is 3.35. The number of rotatable bonds is 0. The van der Waals surface area contributed by atoms with Crippen molar-refractivity contribution < 1.29 is 14.8 Å². The third-order valence-corrected chi connectivity index (χ3v) is 4.25. The second-order valence-electron chi connectivity index (χ2n) is 5.59. The van der Waals surface area contributed by atoms with Gasteiger partial charge in [0, 0.05) is 12.1 Å². The maximum absolute atomic E-state index is 7.00. The molecule has 2 N–H and O–H groups in total. The largest absolute Gasteiger partial charge is 0.482 e. The first-order valence-electron chi connectivity index (χ1n) is 7.70. The summed E-state index contributed by atoms with van der Waals surface area (Å²) >= 11 is 0. The molecule has 0 fully saturated rings. The van der Waals surface area contributed by atoms with E-state index in [1.165, 1.54) is 22.5 Å². The molecule has 2 heterocycles. The molecule has 0 atom stereocenters. The van der Waals surface area contributed by atoms with Crippen LogP contribution >= 0.6 is 0 Å². The number of ether oxygens (including phenoxy) is 1. The summed E-state index contributed by atoms with van der Waals surface area (Å²) in [6.45, 7) is 0. The summed E-state index contributed by atoms with van der Waals surface area (Å²) in [5.74, 6) is 1.86. The van der Waals surface area contributed by atoms with Crippen molar-refractivity contribution in [3.63, 3.8) is 0 Å². The van der Waals surface area contributed by atoms with Gasteiger partial charge in [-0.2, -0.15) is 0 Å². The Morgan fingerprint density at radius 3 is 2.21 bits per heavy atom. The zero-order valence-corrected chi connectivity index (χ0v) is 12.9. The number of hydrogen-bond acceptors (Lipinski definition) is 4. The first kappa shape index (κ1) is 14.8. The Hall–Kier alpha value is -2.76. The lowest BCUT2D eigenvalue weighted by Gasteiger charge is -2.38. The average molecular weight is 316 g/mol. The van der Waals surface area contributed by atoms with E-state index in [9.17, 15) is 0 Å². The minimum absolute atomic E-state index is 0. The quantitative estimate of drug-likeness (QED) is 0.428. The number of anilines is 3. The molecule has 0 bridgehead atoms. The van der Waals surface area contributed by atoms with Crippen LogP contribution in [-0.4, -0.2) is 17.7 Å². The Morgan fingerprint density at radius 2 is 1.38 bits per heavy atom. The predicted octanol–water partition coefficient (Wildman–Crippen LogP) is 3.67. The minimum atomic E-state index is 0. The summed E-state index contributed by atoms with van der Waals surface area (Å²) < 4.78 is 6.10. The van der Waals surface area contributed by atoms with Gasteiger partial charge in [-0.05, 0) is 35.4 Å². The van der Waals surface area contributed by atoms with Crippen LogP contribution in [0.3, 0.4) is 0 Å². The average Bonchev–Trinajstić information content (AvgIpc) is 2.62. The van der Waals surface area contributed by atoms with Crippen molar-refractivity contribution in [1.82, 2.24) is 0 Å². The van der Waals surface area contributed by atoms with Gasteiger partial charge in [-0.3, -0.25) is 0 Å². The second-order valence-corrected chi connectivity index (χ2v) is 5.59. The van der Waals surface area contributed by atoms with Gasteiger partial charge in [0.2, 0.25) is 0 Å². The SMILES string of the molecule is O[B]O.c1ccc2c(c1)Cc1cccc3c1N2c1ccccc1O3.